The summed E-state index contributed by atoms with van der Waals surface area (Å²) < 4.78 is 5.33. The summed E-state index contributed by atoms with van der Waals surface area (Å²) >= 11 is 0. The van der Waals surface area contributed by atoms with Gasteiger partial charge in [0.25, 0.3) is 0 Å². The Kier molecular flexibility index (Phi) is 8.62. The van der Waals surface area contributed by atoms with E-state index in [1.54, 1.807) is 7.11 Å². The Morgan fingerprint density at radius 1 is 1.04 bits per heavy atom. The first-order valence-corrected chi connectivity index (χ1v) is 10.3. The predicted octanol–water partition coefficient (Wildman–Crippen LogP) is 3.77. The van der Waals surface area contributed by atoms with Crippen LogP contribution in [0.2, 0.25) is 0 Å². The minimum absolute atomic E-state index is 0.00885. The zero-order valence-corrected chi connectivity index (χ0v) is 17.0. The third kappa shape index (κ3) is 5.98. The topological polar surface area (TPSA) is 58.6 Å². The molecule has 1 aromatic rings. The summed E-state index contributed by atoms with van der Waals surface area (Å²) in [5.74, 6) is 1.26. The van der Waals surface area contributed by atoms with Crippen molar-refractivity contribution in [2.45, 2.75) is 58.9 Å². The molecule has 1 N–H and O–H groups in total. The summed E-state index contributed by atoms with van der Waals surface area (Å²) in [6, 6.07) is 7.73. The molecule has 0 atom stereocenters. The number of para-hydroxylation sites is 1. The van der Waals surface area contributed by atoms with E-state index < -0.39 is 0 Å². The predicted molar refractivity (Wildman–Crippen MR) is 107 cm³/mol. The number of ether oxygens (including phenoxy) is 1. The molecule has 150 valence electrons. The van der Waals surface area contributed by atoms with Gasteiger partial charge in [0, 0.05) is 37.0 Å². The Morgan fingerprint density at radius 3 is 2.22 bits per heavy atom. The molecule has 0 spiro atoms. The van der Waals surface area contributed by atoms with Gasteiger partial charge in [0.05, 0.1) is 7.11 Å². The average molecular weight is 375 g/mol. The molecule has 1 saturated carbocycles. The van der Waals surface area contributed by atoms with Crippen LogP contribution in [0.25, 0.3) is 0 Å². The number of nitrogens with one attached hydrogen (secondary N) is 1. The molecule has 2 rings (SSSR count). The molecule has 0 heterocycles. The fraction of sp³-hybridized carbons (Fsp3) is 0.636. The number of nitrogens with zero attached hydrogens (tertiary/aromatic N) is 1. The van der Waals surface area contributed by atoms with E-state index in [0.717, 1.165) is 62.9 Å². The van der Waals surface area contributed by atoms with Crippen LogP contribution in [0.1, 0.15) is 57.9 Å². The van der Waals surface area contributed by atoms with Crippen LogP contribution >= 0.6 is 0 Å². The summed E-state index contributed by atoms with van der Waals surface area (Å²) in [7, 11) is 1.64. The average Bonchev–Trinajstić information content (AvgIpc) is 2.71. The summed E-state index contributed by atoms with van der Waals surface area (Å²) in [4.78, 5) is 27.3. The van der Waals surface area contributed by atoms with Gasteiger partial charge in [-0.1, -0.05) is 32.0 Å². The Morgan fingerprint density at radius 2 is 1.63 bits per heavy atom. The highest BCUT2D eigenvalue weighted by Gasteiger charge is 2.31. The molecule has 0 bridgehead atoms. The molecule has 1 aromatic carbocycles. The van der Waals surface area contributed by atoms with Gasteiger partial charge in [0.2, 0.25) is 11.8 Å². The molecule has 27 heavy (non-hydrogen) atoms. The van der Waals surface area contributed by atoms with E-state index in [9.17, 15) is 9.59 Å². The number of methoxy groups -OCH3 is 1. The number of carbonyl (C=O) groups is 2. The zero-order valence-electron chi connectivity index (χ0n) is 17.0. The maximum atomic E-state index is 12.7. The highest BCUT2D eigenvalue weighted by atomic mass is 16.5. The van der Waals surface area contributed by atoms with E-state index in [0.29, 0.717) is 6.54 Å². The lowest BCUT2D eigenvalue weighted by atomic mass is 9.81. The number of amides is 2. The monoisotopic (exact) mass is 374 g/mol. The second-order valence-corrected chi connectivity index (χ2v) is 7.40. The van der Waals surface area contributed by atoms with Crippen molar-refractivity contribution in [1.29, 1.82) is 0 Å². The van der Waals surface area contributed by atoms with Crippen molar-refractivity contribution in [2.24, 2.45) is 11.8 Å². The fourth-order valence-electron chi connectivity index (χ4n) is 3.91. The van der Waals surface area contributed by atoms with Crippen LogP contribution in [0.5, 0.6) is 5.75 Å². The van der Waals surface area contributed by atoms with Crippen molar-refractivity contribution in [3.8, 4) is 5.75 Å². The van der Waals surface area contributed by atoms with Crippen molar-refractivity contribution >= 4 is 11.8 Å². The van der Waals surface area contributed by atoms with E-state index in [2.05, 4.69) is 19.2 Å². The van der Waals surface area contributed by atoms with Crippen molar-refractivity contribution in [3.05, 3.63) is 29.8 Å². The van der Waals surface area contributed by atoms with Crippen LogP contribution in [0.15, 0.2) is 24.3 Å². The SMILES string of the molecule is CCCN(CCC)C(=O)C1CCC(C(=O)NCc2ccccc2OC)CC1. The second-order valence-electron chi connectivity index (χ2n) is 7.40. The first-order valence-electron chi connectivity index (χ1n) is 10.3. The molecule has 5 nitrogen and oxygen atoms in total. The van der Waals surface area contributed by atoms with Crippen molar-refractivity contribution in [3.63, 3.8) is 0 Å². The third-order valence-corrected chi connectivity index (χ3v) is 5.39. The smallest absolute Gasteiger partial charge is 0.225 e. The highest BCUT2D eigenvalue weighted by molar-refractivity contribution is 5.81. The van der Waals surface area contributed by atoms with Gasteiger partial charge in [-0.2, -0.15) is 0 Å². The summed E-state index contributed by atoms with van der Waals surface area (Å²) in [5, 5.41) is 3.04. The van der Waals surface area contributed by atoms with E-state index in [4.69, 9.17) is 4.74 Å². The lowest BCUT2D eigenvalue weighted by Crippen LogP contribution is -2.40. The number of carbonyl (C=O) groups excluding carboxylic acids is 2. The molecular weight excluding hydrogens is 340 g/mol. The van der Waals surface area contributed by atoms with Crippen LogP contribution < -0.4 is 10.1 Å². The summed E-state index contributed by atoms with van der Waals surface area (Å²) in [6.07, 6.45) is 5.20. The van der Waals surface area contributed by atoms with E-state index in [1.807, 2.05) is 29.2 Å². The first-order chi connectivity index (χ1) is 13.1. The van der Waals surface area contributed by atoms with Gasteiger partial charge >= 0.3 is 0 Å². The maximum absolute atomic E-state index is 12.7. The molecule has 0 radical (unpaired) electrons. The first kappa shape index (κ1) is 21.3. The van der Waals surface area contributed by atoms with Gasteiger partial charge in [0.15, 0.2) is 0 Å². The molecule has 0 saturated heterocycles. The molecule has 2 amide bonds. The molecule has 0 aromatic heterocycles. The largest absolute Gasteiger partial charge is 0.496 e. The molecule has 0 unspecified atom stereocenters. The lowest BCUT2D eigenvalue weighted by molar-refractivity contribution is -0.138. The van der Waals surface area contributed by atoms with Crippen LogP contribution in [0.4, 0.5) is 0 Å². The van der Waals surface area contributed by atoms with Crippen LogP contribution in [-0.4, -0.2) is 36.9 Å². The fourth-order valence-corrected chi connectivity index (χ4v) is 3.91. The number of benzene rings is 1. The minimum Gasteiger partial charge on any atom is -0.496 e. The third-order valence-electron chi connectivity index (χ3n) is 5.39. The minimum atomic E-state index is 0.00885. The Hall–Kier alpha value is -2.04. The normalized spacial score (nSPS) is 19.4. The van der Waals surface area contributed by atoms with Crippen LogP contribution in [-0.2, 0) is 16.1 Å². The maximum Gasteiger partial charge on any atom is 0.225 e. The molecule has 1 aliphatic carbocycles. The van der Waals surface area contributed by atoms with Gasteiger partial charge in [-0.05, 0) is 44.6 Å². The van der Waals surface area contributed by atoms with Crippen LogP contribution in [0, 0.1) is 11.8 Å². The number of hydrogen-bond donors (Lipinski definition) is 1. The van der Waals surface area contributed by atoms with Gasteiger partial charge in [0.1, 0.15) is 5.75 Å². The molecule has 0 aliphatic heterocycles. The zero-order chi connectivity index (χ0) is 19.6. The van der Waals surface area contributed by atoms with Crippen molar-refractivity contribution in [1.82, 2.24) is 10.2 Å². The van der Waals surface area contributed by atoms with Gasteiger partial charge in [-0.25, -0.2) is 0 Å². The van der Waals surface area contributed by atoms with Crippen LogP contribution in [0.3, 0.4) is 0 Å². The highest BCUT2D eigenvalue weighted by Crippen LogP contribution is 2.30. The Bertz CT molecular complexity index is 603. The summed E-state index contributed by atoms with van der Waals surface area (Å²) in [5.41, 5.74) is 0.979. The standard InChI is InChI=1S/C22H34N2O3/c1-4-14-24(15-5-2)22(26)18-12-10-17(11-13-18)21(25)23-16-19-8-6-7-9-20(19)27-3/h6-9,17-18H,4-5,10-16H2,1-3H3,(H,23,25). The molecule has 1 aliphatic rings. The Labute approximate surface area is 163 Å². The number of rotatable bonds is 9. The Balaban J connectivity index is 1.82. The van der Waals surface area contributed by atoms with Gasteiger partial charge < -0.3 is 15.0 Å². The molecule has 1 fully saturated rings. The van der Waals surface area contributed by atoms with E-state index in [1.165, 1.54) is 0 Å². The molecular formula is C22H34N2O3. The quantitative estimate of drug-likeness (QED) is 0.716. The number of hydrogen-bond acceptors (Lipinski definition) is 3. The summed E-state index contributed by atoms with van der Waals surface area (Å²) in [6.45, 7) is 6.37. The molecule has 5 heteroatoms. The van der Waals surface area contributed by atoms with E-state index in [-0.39, 0.29) is 23.7 Å². The van der Waals surface area contributed by atoms with Gasteiger partial charge in [-0.3, -0.25) is 9.59 Å². The van der Waals surface area contributed by atoms with Gasteiger partial charge in [-0.15, -0.1) is 0 Å². The van der Waals surface area contributed by atoms with E-state index >= 15 is 0 Å². The second kappa shape index (κ2) is 11.0. The van der Waals surface area contributed by atoms with Crippen molar-refractivity contribution < 1.29 is 14.3 Å². The van der Waals surface area contributed by atoms with Crippen molar-refractivity contribution in [2.75, 3.05) is 20.2 Å². The lowest BCUT2D eigenvalue weighted by Gasteiger charge is -2.31.